The van der Waals surface area contributed by atoms with Gasteiger partial charge in [0.1, 0.15) is 0 Å². The fraction of sp³-hybridized carbons (Fsp3) is 1.00. The van der Waals surface area contributed by atoms with E-state index in [9.17, 15) is 0 Å². The second-order valence-electron chi connectivity index (χ2n) is 0.403. The maximum atomic E-state index is 4.82. The van der Waals surface area contributed by atoms with Crippen molar-refractivity contribution in [3.63, 3.8) is 0 Å². The van der Waals surface area contributed by atoms with E-state index in [1.807, 2.05) is 0 Å². The van der Waals surface area contributed by atoms with Crippen molar-refractivity contribution in [3.8, 4) is 0 Å². The minimum absolute atomic E-state index is 0. The average molecular weight is 188 g/mol. The summed E-state index contributed by atoms with van der Waals surface area (Å²) in [6, 6.07) is 0. The van der Waals surface area contributed by atoms with Gasteiger partial charge in [-0.2, -0.15) is 0 Å². The van der Waals surface area contributed by atoms with Crippen molar-refractivity contribution in [2.75, 3.05) is 0 Å². The maximum absolute atomic E-state index is 4.82. The summed E-state index contributed by atoms with van der Waals surface area (Å²) < 4.78 is -0.317. The van der Waals surface area contributed by atoms with Gasteiger partial charge in [0.05, 0.1) is 0 Å². The van der Waals surface area contributed by atoms with Crippen LogP contribution in [0.2, 0.25) is 0 Å². The second kappa shape index (κ2) is 4.87. The SMILES string of the molecule is Cl.N[CH](N)[Pd]. The van der Waals surface area contributed by atoms with Gasteiger partial charge < -0.3 is 0 Å². The first-order valence-electron chi connectivity index (χ1n) is 0.849. The molecule has 0 fully saturated rings. The van der Waals surface area contributed by atoms with Crippen LogP contribution in [0.25, 0.3) is 0 Å². The third-order valence-electron chi connectivity index (χ3n) is 0. The molecule has 5 heavy (non-hydrogen) atoms. The van der Waals surface area contributed by atoms with Crippen LogP contribution in [0, 0.1) is 0 Å². The van der Waals surface area contributed by atoms with Crippen molar-refractivity contribution in [3.05, 3.63) is 0 Å². The Hall–Kier alpha value is 0.872. The summed E-state index contributed by atoms with van der Waals surface area (Å²) in [5.74, 6) is 0. The molecule has 0 aliphatic rings. The van der Waals surface area contributed by atoms with E-state index in [4.69, 9.17) is 11.5 Å². The van der Waals surface area contributed by atoms with E-state index in [-0.39, 0.29) is 17.0 Å². The Morgan fingerprint density at radius 2 is 1.40 bits per heavy atom. The standard InChI is InChI=1S/CH5N2.ClH.Pd/c2-1-3;;/h1H,2-3H2;1H;. The van der Waals surface area contributed by atoms with Gasteiger partial charge in [-0.3, -0.25) is 0 Å². The number of hydrogen-bond donors (Lipinski definition) is 2. The molecule has 0 bridgehead atoms. The molecule has 4 heteroatoms. The van der Waals surface area contributed by atoms with Crippen molar-refractivity contribution in [1.29, 1.82) is 0 Å². The predicted molar refractivity (Wildman–Crippen MR) is 19.4 cm³/mol. The van der Waals surface area contributed by atoms with E-state index in [2.05, 4.69) is 19.2 Å². The fourth-order valence-corrected chi connectivity index (χ4v) is 0. The molecule has 0 aliphatic heterocycles. The fourth-order valence-electron chi connectivity index (χ4n) is 0. The van der Waals surface area contributed by atoms with E-state index >= 15 is 0 Å². The molecule has 0 heterocycles. The monoisotopic (exact) mass is 187 g/mol. The average Bonchev–Trinajstić information content (AvgIpc) is 0.811. The van der Waals surface area contributed by atoms with Crippen molar-refractivity contribution in [2.24, 2.45) is 11.5 Å². The molecule has 0 aromatic carbocycles. The first kappa shape index (κ1) is 9.30. The minimum atomic E-state index is -0.317. The number of nitrogens with two attached hydrogens (primary N) is 2. The van der Waals surface area contributed by atoms with Gasteiger partial charge in [-0.05, 0) is 0 Å². The quantitative estimate of drug-likeness (QED) is 0.384. The summed E-state index contributed by atoms with van der Waals surface area (Å²) in [4.78, 5) is 0. The predicted octanol–water partition coefficient (Wildman–Crippen LogP) is -0.844. The number of halogens is 1. The van der Waals surface area contributed by atoms with Crippen LogP contribution in [0.3, 0.4) is 0 Å². The Labute approximate surface area is 48.1 Å². The molecule has 2 nitrogen and oxygen atoms in total. The van der Waals surface area contributed by atoms with Gasteiger partial charge in [-0.1, -0.05) is 0 Å². The first-order chi connectivity index (χ1) is 1.73. The number of hydrogen-bond acceptors (Lipinski definition) is 2. The van der Waals surface area contributed by atoms with Crippen LogP contribution >= 0.6 is 12.4 Å². The van der Waals surface area contributed by atoms with Crippen LogP contribution < -0.4 is 11.5 Å². The molecule has 0 saturated heterocycles. The van der Waals surface area contributed by atoms with Crippen LogP contribution in [0.15, 0.2) is 0 Å². The summed E-state index contributed by atoms with van der Waals surface area (Å²) in [5.41, 5.74) is 9.64. The van der Waals surface area contributed by atoms with Crippen molar-refractivity contribution < 1.29 is 19.2 Å². The van der Waals surface area contributed by atoms with Crippen LogP contribution in [0.1, 0.15) is 0 Å². The molecule has 0 amide bonds. The van der Waals surface area contributed by atoms with Gasteiger partial charge in [0.25, 0.3) is 0 Å². The van der Waals surface area contributed by atoms with E-state index in [0.29, 0.717) is 0 Å². The van der Waals surface area contributed by atoms with E-state index < -0.39 is 0 Å². The molecular formula is CH6ClN2Pd. The third kappa shape index (κ3) is 52.8. The topological polar surface area (TPSA) is 52.0 Å². The Morgan fingerprint density at radius 3 is 1.40 bits per heavy atom. The zero-order chi connectivity index (χ0) is 3.58. The molecule has 4 N–H and O–H groups in total. The van der Waals surface area contributed by atoms with E-state index in [1.165, 1.54) is 0 Å². The Morgan fingerprint density at radius 1 is 1.40 bits per heavy atom. The van der Waals surface area contributed by atoms with Crippen molar-refractivity contribution >= 4 is 12.4 Å². The summed E-state index contributed by atoms with van der Waals surface area (Å²) in [6.07, 6.45) is 0. The third-order valence-corrected chi connectivity index (χ3v) is 0. The molecule has 0 unspecified atom stereocenters. The zero-order valence-electron chi connectivity index (χ0n) is 2.46. The molecule has 0 aliphatic carbocycles. The summed E-state index contributed by atoms with van der Waals surface area (Å²) >= 11 is 2.61. The van der Waals surface area contributed by atoms with Crippen LogP contribution in [0.5, 0.6) is 0 Å². The normalized spacial score (nSPS) is 7.40. The molecular weight excluding hydrogens is 182 g/mol. The molecule has 0 atom stereocenters. The summed E-state index contributed by atoms with van der Waals surface area (Å²) in [5, 5.41) is 0. The van der Waals surface area contributed by atoms with Gasteiger partial charge in [-0.25, -0.2) is 0 Å². The summed E-state index contributed by atoms with van der Waals surface area (Å²) in [6.45, 7) is 0. The van der Waals surface area contributed by atoms with Gasteiger partial charge in [-0.15, -0.1) is 12.4 Å². The van der Waals surface area contributed by atoms with Crippen LogP contribution in [0.4, 0.5) is 0 Å². The van der Waals surface area contributed by atoms with Crippen molar-refractivity contribution in [2.45, 2.75) is 4.64 Å². The van der Waals surface area contributed by atoms with E-state index in [0.717, 1.165) is 0 Å². The molecule has 37 valence electrons. The van der Waals surface area contributed by atoms with Crippen LogP contribution in [-0.2, 0) is 19.2 Å². The molecule has 0 rings (SSSR count). The summed E-state index contributed by atoms with van der Waals surface area (Å²) in [7, 11) is 0. The van der Waals surface area contributed by atoms with E-state index in [1.54, 1.807) is 0 Å². The first-order valence-corrected chi connectivity index (χ1v) is 1.75. The molecule has 0 saturated carbocycles. The van der Waals surface area contributed by atoms with Gasteiger partial charge in [0, 0.05) is 0 Å². The van der Waals surface area contributed by atoms with Gasteiger partial charge in [0.2, 0.25) is 0 Å². The van der Waals surface area contributed by atoms with Crippen molar-refractivity contribution in [1.82, 2.24) is 0 Å². The molecule has 0 aromatic rings. The van der Waals surface area contributed by atoms with Crippen LogP contribution in [-0.4, -0.2) is 4.64 Å². The molecule has 0 aromatic heterocycles. The van der Waals surface area contributed by atoms with Gasteiger partial charge >= 0.3 is 35.3 Å². The Kier molecular flexibility index (Phi) is 9.06. The Balaban J connectivity index is 0. The number of rotatable bonds is 0. The second-order valence-corrected chi connectivity index (χ2v) is 1.44. The molecule has 0 spiro atoms. The zero-order valence-corrected chi connectivity index (χ0v) is 4.83. The van der Waals surface area contributed by atoms with Gasteiger partial charge in [0.15, 0.2) is 0 Å². The molecule has 0 radical (unpaired) electrons. The Bertz CT molecular complexity index is 14.4.